The number of aromatic nitrogens is 3. The van der Waals surface area contributed by atoms with E-state index in [9.17, 15) is 0 Å². The summed E-state index contributed by atoms with van der Waals surface area (Å²) in [6.45, 7) is 3.09. The Labute approximate surface area is 101 Å². The van der Waals surface area contributed by atoms with Crippen LogP contribution in [0.4, 0.5) is 0 Å². The van der Waals surface area contributed by atoms with E-state index in [0.717, 1.165) is 24.2 Å². The zero-order valence-corrected chi connectivity index (χ0v) is 9.87. The third-order valence-electron chi connectivity index (χ3n) is 2.52. The molecule has 1 unspecified atom stereocenters. The first kappa shape index (κ1) is 11.7. The van der Waals surface area contributed by atoms with Gasteiger partial charge in [0, 0.05) is 18.6 Å². The van der Waals surface area contributed by atoms with Crippen molar-refractivity contribution in [3.63, 3.8) is 0 Å². The molecule has 2 heterocycles. The molecule has 0 radical (unpaired) electrons. The van der Waals surface area contributed by atoms with E-state index in [1.165, 1.54) is 0 Å². The number of nitrogens with one attached hydrogen (secondary N) is 1. The molecule has 4 nitrogen and oxygen atoms in total. The Balaban J connectivity index is 2.26. The minimum absolute atomic E-state index is 0.0895. The molecule has 2 rings (SSSR count). The van der Waals surface area contributed by atoms with Gasteiger partial charge in [0.05, 0.1) is 11.7 Å². The van der Waals surface area contributed by atoms with Crippen LogP contribution in [0.5, 0.6) is 0 Å². The lowest BCUT2D eigenvalue weighted by molar-refractivity contribution is 0.583. The van der Waals surface area contributed by atoms with E-state index in [1.807, 2.05) is 18.3 Å². The van der Waals surface area contributed by atoms with E-state index in [4.69, 9.17) is 0 Å². The predicted molar refractivity (Wildman–Crippen MR) is 66.4 cm³/mol. The molecule has 0 spiro atoms. The Morgan fingerprint density at radius 3 is 2.82 bits per heavy atom. The van der Waals surface area contributed by atoms with Crippen molar-refractivity contribution in [1.82, 2.24) is 20.3 Å². The molecule has 0 aliphatic rings. The van der Waals surface area contributed by atoms with Crippen molar-refractivity contribution in [2.45, 2.75) is 19.4 Å². The van der Waals surface area contributed by atoms with Crippen molar-refractivity contribution in [2.75, 3.05) is 6.54 Å². The van der Waals surface area contributed by atoms with Gasteiger partial charge in [0.25, 0.3) is 0 Å². The monoisotopic (exact) mass is 228 g/mol. The van der Waals surface area contributed by atoms with Crippen LogP contribution in [-0.2, 0) is 0 Å². The van der Waals surface area contributed by atoms with Crippen LogP contribution in [0.25, 0.3) is 0 Å². The van der Waals surface area contributed by atoms with Crippen LogP contribution in [0.1, 0.15) is 30.6 Å². The van der Waals surface area contributed by atoms with Crippen molar-refractivity contribution in [1.29, 1.82) is 0 Å². The standard InChI is InChI=1S/C13H16N4/c1-2-6-16-13(11-4-3-7-14-9-11)12-5-8-15-10-17-12/h3-5,7-10,13,16H,2,6H2,1H3. The van der Waals surface area contributed by atoms with Gasteiger partial charge in [-0.3, -0.25) is 4.98 Å². The van der Waals surface area contributed by atoms with Crippen LogP contribution in [-0.4, -0.2) is 21.5 Å². The maximum absolute atomic E-state index is 4.31. The molecule has 0 aromatic carbocycles. The van der Waals surface area contributed by atoms with Crippen LogP contribution >= 0.6 is 0 Å². The molecule has 1 atom stereocenters. The first-order valence-electron chi connectivity index (χ1n) is 5.81. The van der Waals surface area contributed by atoms with Crippen LogP contribution < -0.4 is 5.32 Å². The lowest BCUT2D eigenvalue weighted by Gasteiger charge is -2.17. The van der Waals surface area contributed by atoms with Gasteiger partial charge in [-0.2, -0.15) is 0 Å². The van der Waals surface area contributed by atoms with Gasteiger partial charge in [-0.1, -0.05) is 13.0 Å². The fraction of sp³-hybridized carbons (Fsp3) is 0.308. The molecule has 2 aromatic rings. The van der Waals surface area contributed by atoms with Crippen LogP contribution in [0.3, 0.4) is 0 Å². The van der Waals surface area contributed by atoms with E-state index < -0.39 is 0 Å². The molecule has 2 aromatic heterocycles. The van der Waals surface area contributed by atoms with E-state index in [1.54, 1.807) is 18.7 Å². The summed E-state index contributed by atoms with van der Waals surface area (Å²) in [4.78, 5) is 12.4. The normalized spacial score (nSPS) is 12.3. The van der Waals surface area contributed by atoms with E-state index in [2.05, 4.69) is 33.3 Å². The molecule has 88 valence electrons. The van der Waals surface area contributed by atoms with Crippen LogP contribution in [0.15, 0.2) is 43.1 Å². The topological polar surface area (TPSA) is 50.7 Å². The molecule has 0 fully saturated rings. The Hall–Kier alpha value is -1.81. The highest BCUT2D eigenvalue weighted by atomic mass is 15.0. The van der Waals surface area contributed by atoms with Gasteiger partial charge < -0.3 is 5.32 Å². The molecule has 0 aliphatic heterocycles. The quantitative estimate of drug-likeness (QED) is 0.850. The van der Waals surface area contributed by atoms with Crippen molar-refractivity contribution in [3.05, 3.63) is 54.4 Å². The van der Waals surface area contributed by atoms with E-state index in [0.29, 0.717) is 0 Å². The Morgan fingerprint density at radius 2 is 2.18 bits per heavy atom. The minimum atomic E-state index is 0.0895. The second-order valence-corrected chi connectivity index (χ2v) is 3.81. The molecule has 0 bridgehead atoms. The van der Waals surface area contributed by atoms with Crippen molar-refractivity contribution in [2.24, 2.45) is 0 Å². The molecule has 0 saturated heterocycles. The first-order chi connectivity index (χ1) is 8.42. The molecule has 0 amide bonds. The minimum Gasteiger partial charge on any atom is -0.305 e. The highest BCUT2D eigenvalue weighted by Crippen LogP contribution is 2.18. The van der Waals surface area contributed by atoms with Crippen molar-refractivity contribution < 1.29 is 0 Å². The molecule has 0 aliphatic carbocycles. The third kappa shape index (κ3) is 3.07. The Kier molecular flexibility index (Phi) is 4.16. The summed E-state index contributed by atoms with van der Waals surface area (Å²) in [5.41, 5.74) is 2.10. The van der Waals surface area contributed by atoms with Gasteiger partial charge in [-0.15, -0.1) is 0 Å². The average Bonchev–Trinajstić information content (AvgIpc) is 2.42. The maximum atomic E-state index is 4.31. The molecule has 0 saturated carbocycles. The fourth-order valence-electron chi connectivity index (χ4n) is 1.70. The summed E-state index contributed by atoms with van der Waals surface area (Å²) >= 11 is 0. The highest BCUT2D eigenvalue weighted by molar-refractivity contribution is 5.24. The summed E-state index contributed by atoms with van der Waals surface area (Å²) < 4.78 is 0. The predicted octanol–water partition coefficient (Wildman–Crippen LogP) is 1.96. The van der Waals surface area contributed by atoms with Gasteiger partial charge in [-0.05, 0) is 30.7 Å². The van der Waals surface area contributed by atoms with Gasteiger partial charge in [0.15, 0.2) is 0 Å². The third-order valence-corrected chi connectivity index (χ3v) is 2.52. The number of rotatable bonds is 5. The molecular formula is C13H16N4. The van der Waals surface area contributed by atoms with Gasteiger partial charge in [0.1, 0.15) is 6.33 Å². The molecule has 1 N–H and O–H groups in total. The lowest BCUT2D eigenvalue weighted by Crippen LogP contribution is -2.24. The summed E-state index contributed by atoms with van der Waals surface area (Å²) in [6.07, 6.45) is 8.07. The van der Waals surface area contributed by atoms with Gasteiger partial charge in [-0.25, -0.2) is 9.97 Å². The summed E-state index contributed by atoms with van der Waals surface area (Å²) in [5, 5.41) is 3.47. The number of hydrogen-bond donors (Lipinski definition) is 1. The Morgan fingerprint density at radius 1 is 1.24 bits per heavy atom. The van der Waals surface area contributed by atoms with E-state index in [-0.39, 0.29) is 6.04 Å². The largest absolute Gasteiger partial charge is 0.305 e. The number of pyridine rings is 1. The van der Waals surface area contributed by atoms with Crippen molar-refractivity contribution in [3.8, 4) is 0 Å². The first-order valence-corrected chi connectivity index (χ1v) is 5.81. The lowest BCUT2D eigenvalue weighted by atomic mass is 10.1. The summed E-state index contributed by atoms with van der Waals surface area (Å²) in [6, 6.07) is 6.02. The summed E-state index contributed by atoms with van der Waals surface area (Å²) in [7, 11) is 0. The molecule has 4 heteroatoms. The van der Waals surface area contributed by atoms with E-state index >= 15 is 0 Å². The fourth-order valence-corrected chi connectivity index (χ4v) is 1.70. The van der Waals surface area contributed by atoms with Crippen LogP contribution in [0, 0.1) is 0 Å². The van der Waals surface area contributed by atoms with Gasteiger partial charge >= 0.3 is 0 Å². The van der Waals surface area contributed by atoms with Gasteiger partial charge in [0.2, 0.25) is 0 Å². The second kappa shape index (κ2) is 6.06. The van der Waals surface area contributed by atoms with Crippen molar-refractivity contribution >= 4 is 0 Å². The van der Waals surface area contributed by atoms with Crippen LogP contribution in [0.2, 0.25) is 0 Å². The zero-order chi connectivity index (χ0) is 11.9. The molecular weight excluding hydrogens is 212 g/mol. The molecule has 17 heavy (non-hydrogen) atoms. The number of hydrogen-bond acceptors (Lipinski definition) is 4. The number of nitrogens with zero attached hydrogens (tertiary/aromatic N) is 3. The SMILES string of the molecule is CCCNC(c1cccnc1)c1ccncn1. The Bertz CT molecular complexity index is 390. The summed E-state index contributed by atoms with van der Waals surface area (Å²) in [5.74, 6) is 0. The highest BCUT2D eigenvalue weighted by Gasteiger charge is 2.13. The zero-order valence-electron chi connectivity index (χ0n) is 9.87. The smallest absolute Gasteiger partial charge is 0.115 e. The average molecular weight is 228 g/mol. The second-order valence-electron chi connectivity index (χ2n) is 3.81. The maximum Gasteiger partial charge on any atom is 0.115 e.